The Kier molecular flexibility index (Phi) is 4.43. The highest BCUT2D eigenvalue weighted by Crippen LogP contribution is 2.17. The lowest BCUT2D eigenvalue weighted by Gasteiger charge is -2.09. The van der Waals surface area contributed by atoms with Crippen molar-refractivity contribution in [2.75, 3.05) is 6.54 Å². The van der Waals surface area contributed by atoms with Crippen LogP contribution >= 0.6 is 0 Å². The number of benzene rings is 1. The van der Waals surface area contributed by atoms with Gasteiger partial charge < -0.3 is 9.88 Å². The minimum absolute atomic E-state index is 0.597. The topological polar surface area (TPSA) is 17.0 Å². The zero-order chi connectivity index (χ0) is 13.0. The molecule has 0 fully saturated rings. The van der Waals surface area contributed by atoms with Crippen LogP contribution in [-0.4, -0.2) is 17.2 Å². The Balaban J connectivity index is 1.89. The molecule has 18 heavy (non-hydrogen) atoms. The second-order valence-electron chi connectivity index (χ2n) is 5.39. The van der Waals surface area contributed by atoms with Gasteiger partial charge in [0.05, 0.1) is 0 Å². The van der Waals surface area contributed by atoms with Crippen molar-refractivity contribution in [3.63, 3.8) is 0 Å². The third kappa shape index (κ3) is 3.36. The molecule has 0 aliphatic heterocycles. The standard InChI is InChI=1S/C16H24N2/c1-13(2)17-9-4-5-10-18-11-8-15-7-6-14(3)12-16(15)18/h6-8,11-13,17H,4-5,9-10H2,1-3H3. The Hall–Kier alpha value is -1.28. The summed E-state index contributed by atoms with van der Waals surface area (Å²) >= 11 is 0. The molecule has 0 amide bonds. The van der Waals surface area contributed by atoms with Gasteiger partial charge in [-0.1, -0.05) is 26.0 Å². The molecule has 2 heteroatoms. The van der Waals surface area contributed by atoms with Crippen LogP contribution in [0.4, 0.5) is 0 Å². The third-order valence-corrected chi connectivity index (χ3v) is 3.31. The number of aromatic nitrogens is 1. The maximum Gasteiger partial charge on any atom is 0.0482 e. The molecule has 0 aliphatic rings. The predicted octanol–water partition coefficient (Wildman–Crippen LogP) is 3.73. The van der Waals surface area contributed by atoms with Gasteiger partial charge in [0.2, 0.25) is 0 Å². The summed E-state index contributed by atoms with van der Waals surface area (Å²) in [4.78, 5) is 0. The highest BCUT2D eigenvalue weighted by molar-refractivity contribution is 5.80. The van der Waals surface area contributed by atoms with Gasteiger partial charge in [0, 0.05) is 24.3 Å². The quantitative estimate of drug-likeness (QED) is 0.766. The fourth-order valence-corrected chi connectivity index (χ4v) is 2.29. The fraction of sp³-hybridized carbons (Fsp3) is 0.500. The van der Waals surface area contributed by atoms with E-state index in [4.69, 9.17) is 0 Å². The molecular formula is C16H24N2. The molecule has 98 valence electrons. The van der Waals surface area contributed by atoms with Gasteiger partial charge in [-0.3, -0.25) is 0 Å². The molecule has 0 spiro atoms. The second-order valence-corrected chi connectivity index (χ2v) is 5.39. The van der Waals surface area contributed by atoms with Gasteiger partial charge in [0.1, 0.15) is 0 Å². The van der Waals surface area contributed by atoms with Crippen molar-refractivity contribution in [2.45, 2.75) is 46.2 Å². The summed E-state index contributed by atoms with van der Waals surface area (Å²) in [7, 11) is 0. The maximum absolute atomic E-state index is 3.46. The lowest BCUT2D eigenvalue weighted by atomic mass is 10.2. The van der Waals surface area contributed by atoms with Gasteiger partial charge in [-0.15, -0.1) is 0 Å². The molecule has 0 unspecified atom stereocenters. The molecule has 1 aromatic carbocycles. The van der Waals surface area contributed by atoms with E-state index in [1.807, 2.05) is 0 Å². The molecule has 0 aliphatic carbocycles. The van der Waals surface area contributed by atoms with Crippen LogP contribution in [0.5, 0.6) is 0 Å². The lowest BCUT2D eigenvalue weighted by Crippen LogP contribution is -2.23. The van der Waals surface area contributed by atoms with Crippen molar-refractivity contribution in [3.8, 4) is 0 Å². The minimum Gasteiger partial charge on any atom is -0.347 e. The molecule has 0 atom stereocenters. The monoisotopic (exact) mass is 244 g/mol. The van der Waals surface area contributed by atoms with Gasteiger partial charge in [-0.25, -0.2) is 0 Å². The van der Waals surface area contributed by atoms with Crippen LogP contribution < -0.4 is 5.32 Å². The first-order chi connectivity index (χ1) is 8.66. The Morgan fingerprint density at radius 1 is 1.17 bits per heavy atom. The zero-order valence-corrected chi connectivity index (χ0v) is 11.7. The fourth-order valence-electron chi connectivity index (χ4n) is 2.29. The van der Waals surface area contributed by atoms with Gasteiger partial charge >= 0.3 is 0 Å². The first-order valence-corrected chi connectivity index (χ1v) is 6.96. The molecule has 0 radical (unpaired) electrons. The van der Waals surface area contributed by atoms with E-state index < -0.39 is 0 Å². The smallest absolute Gasteiger partial charge is 0.0482 e. The van der Waals surface area contributed by atoms with Crippen molar-refractivity contribution in [1.82, 2.24) is 9.88 Å². The highest BCUT2D eigenvalue weighted by atomic mass is 15.0. The Bertz CT molecular complexity index is 497. The van der Waals surface area contributed by atoms with Crippen molar-refractivity contribution in [3.05, 3.63) is 36.0 Å². The number of nitrogens with zero attached hydrogens (tertiary/aromatic N) is 1. The van der Waals surface area contributed by atoms with Crippen LogP contribution in [0.25, 0.3) is 10.9 Å². The Labute approximate surface area is 110 Å². The number of unbranched alkanes of at least 4 members (excludes halogenated alkanes) is 1. The Morgan fingerprint density at radius 3 is 2.78 bits per heavy atom. The number of hydrogen-bond acceptors (Lipinski definition) is 1. The van der Waals surface area contributed by atoms with Crippen LogP contribution in [-0.2, 0) is 6.54 Å². The molecule has 0 saturated heterocycles. The van der Waals surface area contributed by atoms with E-state index in [0.29, 0.717) is 6.04 Å². The number of rotatable bonds is 6. The van der Waals surface area contributed by atoms with E-state index in [9.17, 15) is 0 Å². The highest BCUT2D eigenvalue weighted by Gasteiger charge is 2.01. The zero-order valence-electron chi connectivity index (χ0n) is 11.7. The van der Waals surface area contributed by atoms with Gasteiger partial charge in [-0.05, 0) is 49.4 Å². The molecule has 2 rings (SSSR count). The van der Waals surface area contributed by atoms with E-state index >= 15 is 0 Å². The van der Waals surface area contributed by atoms with E-state index in [1.54, 1.807) is 0 Å². The number of nitrogens with one attached hydrogen (secondary N) is 1. The van der Waals surface area contributed by atoms with E-state index in [2.05, 4.69) is 61.1 Å². The number of aryl methyl sites for hydroxylation is 2. The van der Waals surface area contributed by atoms with Gasteiger partial charge in [-0.2, -0.15) is 0 Å². The second kappa shape index (κ2) is 6.05. The van der Waals surface area contributed by atoms with Crippen molar-refractivity contribution < 1.29 is 0 Å². The first kappa shape index (κ1) is 13.2. The van der Waals surface area contributed by atoms with Crippen molar-refractivity contribution in [1.29, 1.82) is 0 Å². The molecule has 1 aromatic heterocycles. The largest absolute Gasteiger partial charge is 0.347 e. The maximum atomic E-state index is 3.46. The summed E-state index contributed by atoms with van der Waals surface area (Å²) in [5, 5.41) is 4.81. The third-order valence-electron chi connectivity index (χ3n) is 3.31. The average Bonchev–Trinajstić information content (AvgIpc) is 2.71. The van der Waals surface area contributed by atoms with E-state index in [1.165, 1.54) is 29.3 Å². The molecule has 0 bridgehead atoms. The van der Waals surface area contributed by atoms with Crippen LogP contribution in [0.3, 0.4) is 0 Å². The number of fused-ring (bicyclic) bond motifs is 1. The van der Waals surface area contributed by atoms with Crippen LogP contribution in [0, 0.1) is 6.92 Å². The average molecular weight is 244 g/mol. The summed E-state index contributed by atoms with van der Waals surface area (Å²) in [5.41, 5.74) is 2.70. The first-order valence-electron chi connectivity index (χ1n) is 6.96. The van der Waals surface area contributed by atoms with Gasteiger partial charge in [0.25, 0.3) is 0 Å². The Morgan fingerprint density at radius 2 is 2.00 bits per heavy atom. The molecule has 1 N–H and O–H groups in total. The van der Waals surface area contributed by atoms with E-state index in [-0.39, 0.29) is 0 Å². The van der Waals surface area contributed by atoms with Crippen molar-refractivity contribution in [2.24, 2.45) is 0 Å². The summed E-state index contributed by atoms with van der Waals surface area (Å²) in [5.74, 6) is 0. The molecule has 2 nitrogen and oxygen atoms in total. The molecule has 0 saturated carbocycles. The normalized spacial score (nSPS) is 11.6. The summed E-state index contributed by atoms with van der Waals surface area (Å²) in [6.07, 6.45) is 4.68. The SMILES string of the molecule is Cc1ccc2ccn(CCCCNC(C)C)c2c1. The summed E-state index contributed by atoms with van der Waals surface area (Å²) in [6, 6.07) is 9.48. The minimum atomic E-state index is 0.597. The molecular weight excluding hydrogens is 220 g/mol. The van der Waals surface area contributed by atoms with Crippen LogP contribution in [0.1, 0.15) is 32.3 Å². The van der Waals surface area contributed by atoms with Crippen LogP contribution in [0.15, 0.2) is 30.5 Å². The van der Waals surface area contributed by atoms with E-state index in [0.717, 1.165) is 13.1 Å². The molecule has 1 heterocycles. The molecule has 2 aromatic rings. The lowest BCUT2D eigenvalue weighted by molar-refractivity contribution is 0.535. The van der Waals surface area contributed by atoms with Crippen LogP contribution in [0.2, 0.25) is 0 Å². The van der Waals surface area contributed by atoms with Gasteiger partial charge in [0.15, 0.2) is 0 Å². The predicted molar refractivity (Wildman–Crippen MR) is 79.0 cm³/mol. The van der Waals surface area contributed by atoms with Crippen molar-refractivity contribution >= 4 is 10.9 Å². The summed E-state index contributed by atoms with van der Waals surface area (Å²) < 4.78 is 2.37. The number of hydrogen-bond donors (Lipinski definition) is 1. The summed E-state index contributed by atoms with van der Waals surface area (Å²) in [6.45, 7) is 8.79.